The first-order valence-corrected chi connectivity index (χ1v) is 4.85. The summed E-state index contributed by atoms with van der Waals surface area (Å²) < 4.78 is 5.17. The van der Waals surface area contributed by atoms with Gasteiger partial charge in [0.15, 0.2) is 0 Å². The van der Waals surface area contributed by atoms with E-state index in [1.807, 2.05) is 6.92 Å². The lowest BCUT2D eigenvalue weighted by molar-refractivity contribution is -0.190. The molecule has 1 heterocycles. The molecule has 1 aliphatic heterocycles. The Kier molecular flexibility index (Phi) is 2.96. The van der Waals surface area contributed by atoms with E-state index in [9.17, 15) is 4.79 Å². The molecular weight excluding hydrogens is 168 g/mol. The van der Waals surface area contributed by atoms with Crippen LogP contribution >= 0.6 is 0 Å². The summed E-state index contributed by atoms with van der Waals surface area (Å²) in [6.45, 7) is 7.30. The lowest BCUT2D eigenvalue weighted by atomic mass is 9.65. The number of ether oxygens (including phenoxy) is 1. The molecule has 0 spiro atoms. The van der Waals surface area contributed by atoms with Gasteiger partial charge in [-0.2, -0.15) is 0 Å². The summed E-state index contributed by atoms with van der Waals surface area (Å²) in [7, 11) is 0. The molecule has 0 aromatic carbocycles. The number of carbonyl (C=O) groups is 1. The Labute approximate surface area is 79.1 Å². The van der Waals surface area contributed by atoms with Crippen LogP contribution in [0.2, 0.25) is 0 Å². The molecule has 1 saturated heterocycles. The minimum absolute atomic E-state index is 0.111. The van der Waals surface area contributed by atoms with Crippen LogP contribution in [0.4, 0.5) is 0 Å². The zero-order valence-corrected chi connectivity index (χ0v) is 8.54. The molecule has 0 aliphatic carbocycles. The maximum atomic E-state index is 11.0. The van der Waals surface area contributed by atoms with E-state index in [2.05, 4.69) is 13.8 Å². The first kappa shape index (κ1) is 10.5. The fourth-order valence-corrected chi connectivity index (χ4v) is 2.10. The van der Waals surface area contributed by atoms with E-state index in [1.165, 1.54) is 0 Å². The van der Waals surface area contributed by atoms with E-state index in [0.29, 0.717) is 25.6 Å². The van der Waals surface area contributed by atoms with Crippen LogP contribution in [-0.4, -0.2) is 24.3 Å². The van der Waals surface area contributed by atoms with Crippen molar-refractivity contribution in [3.8, 4) is 0 Å². The fourth-order valence-electron chi connectivity index (χ4n) is 2.10. The highest BCUT2D eigenvalue weighted by Gasteiger charge is 2.50. The number of hydrogen-bond acceptors (Lipinski definition) is 2. The Morgan fingerprint density at radius 3 is 2.15 bits per heavy atom. The Morgan fingerprint density at radius 1 is 1.54 bits per heavy atom. The molecule has 1 atom stereocenters. The third-order valence-corrected chi connectivity index (χ3v) is 3.29. The van der Waals surface area contributed by atoms with E-state index in [0.717, 1.165) is 0 Å². The van der Waals surface area contributed by atoms with Crippen molar-refractivity contribution in [3.05, 3.63) is 0 Å². The van der Waals surface area contributed by atoms with Crippen LogP contribution in [0, 0.1) is 17.3 Å². The van der Waals surface area contributed by atoms with E-state index in [1.54, 1.807) is 0 Å². The molecule has 0 saturated carbocycles. The standard InChI is InChI=1S/C10H18O3/c1-4-8(9(11)12)10(7(2)3)5-13-6-10/h7-8H,4-6H2,1-3H3,(H,11,12). The van der Waals surface area contributed by atoms with Gasteiger partial charge in [0, 0.05) is 5.41 Å². The van der Waals surface area contributed by atoms with Crippen molar-refractivity contribution < 1.29 is 14.6 Å². The predicted molar refractivity (Wildman–Crippen MR) is 49.5 cm³/mol. The number of carboxylic acid groups (broad SMARTS) is 1. The smallest absolute Gasteiger partial charge is 0.307 e. The van der Waals surface area contributed by atoms with Crippen LogP contribution in [0.3, 0.4) is 0 Å². The molecule has 1 fully saturated rings. The second kappa shape index (κ2) is 3.66. The quantitative estimate of drug-likeness (QED) is 0.727. The van der Waals surface area contributed by atoms with Crippen molar-refractivity contribution in [3.63, 3.8) is 0 Å². The fraction of sp³-hybridized carbons (Fsp3) is 0.900. The molecular formula is C10H18O3. The molecule has 0 radical (unpaired) electrons. The second-order valence-electron chi connectivity index (χ2n) is 4.18. The van der Waals surface area contributed by atoms with Gasteiger partial charge < -0.3 is 9.84 Å². The Balaban J connectivity index is 2.79. The molecule has 3 heteroatoms. The highest BCUT2D eigenvalue weighted by Crippen LogP contribution is 2.44. The lowest BCUT2D eigenvalue weighted by Gasteiger charge is -2.48. The molecule has 0 aromatic rings. The van der Waals surface area contributed by atoms with Crippen molar-refractivity contribution in [1.82, 2.24) is 0 Å². The minimum atomic E-state index is -0.681. The normalized spacial score (nSPS) is 22.5. The molecule has 1 N–H and O–H groups in total. The maximum absolute atomic E-state index is 11.0. The van der Waals surface area contributed by atoms with Crippen molar-refractivity contribution in [2.45, 2.75) is 27.2 Å². The van der Waals surface area contributed by atoms with Crippen LogP contribution in [0.25, 0.3) is 0 Å². The van der Waals surface area contributed by atoms with Crippen LogP contribution in [0.15, 0.2) is 0 Å². The SMILES string of the molecule is CCC(C(=O)O)C1(C(C)C)COC1. The minimum Gasteiger partial charge on any atom is -0.481 e. The summed E-state index contributed by atoms with van der Waals surface area (Å²) >= 11 is 0. The van der Waals surface area contributed by atoms with E-state index in [4.69, 9.17) is 9.84 Å². The Morgan fingerprint density at radius 2 is 2.08 bits per heavy atom. The summed E-state index contributed by atoms with van der Waals surface area (Å²) in [6.07, 6.45) is 0.691. The lowest BCUT2D eigenvalue weighted by Crippen LogP contribution is -2.54. The third kappa shape index (κ3) is 1.57. The van der Waals surface area contributed by atoms with Gasteiger partial charge in [-0.1, -0.05) is 20.8 Å². The topological polar surface area (TPSA) is 46.5 Å². The molecule has 1 unspecified atom stereocenters. The number of hydrogen-bond donors (Lipinski definition) is 1. The van der Waals surface area contributed by atoms with Gasteiger partial charge >= 0.3 is 5.97 Å². The Hall–Kier alpha value is -0.570. The van der Waals surface area contributed by atoms with E-state index in [-0.39, 0.29) is 11.3 Å². The van der Waals surface area contributed by atoms with Gasteiger partial charge in [0.05, 0.1) is 19.1 Å². The Bertz CT molecular complexity index is 194. The molecule has 76 valence electrons. The second-order valence-corrected chi connectivity index (χ2v) is 4.18. The average Bonchev–Trinajstić information content (AvgIpc) is 1.94. The maximum Gasteiger partial charge on any atom is 0.307 e. The predicted octanol–water partition coefficient (Wildman–Crippen LogP) is 1.77. The monoisotopic (exact) mass is 186 g/mol. The summed E-state index contributed by atoms with van der Waals surface area (Å²) in [5, 5.41) is 9.07. The van der Waals surface area contributed by atoms with Gasteiger partial charge in [-0.15, -0.1) is 0 Å². The summed E-state index contributed by atoms with van der Waals surface area (Å²) in [4.78, 5) is 11.0. The van der Waals surface area contributed by atoms with Gasteiger partial charge in [-0.05, 0) is 12.3 Å². The molecule has 1 aliphatic rings. The van der Waals surface area contributed by atoms with Gasteiger partial charge in [0.2, 0.25) is 0 Å². The third-order valence-electron chi connectivity index (χ3n) is 3.29. The zero-order chi connectivity index (χ0) is 10.1. The van der Waals surface area contributed by atoms with Gasteiger partial charge in [0.25, 0.3) is 0 Å². The molecule has 0 amide bonds. The number of aliphatic carboxylic acids is 1. The highest BCUT2D eigenvalue weighted by molar-refractivity contribution is 5.71. The largest absolute Gasteiger partial charge is 0.481 e. The molecule has 0 bridgehead atoms. The zero-order valence-electron chi connectivity index (χ0n) is 8.54. The molecule has 0 aromatic heterocycles. The number of carboxylic acids is 1. The summed E-state index contributed by atoms with van der Waals surface area (Å²) in [5.74, 6) is -0.553. The average molecular weight is 186 g/mol. The van der Waals surface area contributed by atoms with Gasteiger partial charge in [-0.3, -0.25) is 4.79 Å². The van der Waals surface area contributed by atoms with Gasteiger partial charge in [-0.25, -0.2) is 0 Å². The van der Waals surface area contributed by atoms with Crippen molar-refractivity contribution in [2.75, 3.05) is 13.2 Å². The van der Waals surface area contributed by atoms with Crippen LogP contribution < -0.4 is 0 Å². The number of rotatable bonds is 4. The molecule has 3 nitrogen and oxygen atoms in total. The summed E-state index contributed by atoms with van der Waals surface area (Å²) in [5.41, 5.74) is -0.111. The highest BCUT2D eigenvalue weighted by atomic mass is 16.5. The van der Waals surface area contributed by atoms with Crippen LogP contribution in [0.5, 0.6) is 0 Å². The van der Waals surface area contributed by atoms with Crippen LogP contribution in [-0.2, 0) is 9.53 Å². The van der Waals surface area contributed by atoms with Crippen molar-refractivity contribution in [2.24, 2.45) is 17.3 Å². The molecule has 13 heavy (non-hydrogen) atoms. The van der Waals surface area contributed by atoms with E-state index >= 15 is 0 Å². The summed E-state index contributed by atoms with van der Waals surface area (Å²) in [6, 6.07) is 0. The van der Waals surface area contributed by atoms with Crippen LogP contribution in [0.1, 0.15) is 27.2 Å². The molecule has 1 rings (SSSR count). The van der Waals surface area contributed by atoms with E-state index < -0.39 is 5.97 Å². The van der Waals surface area contributed by atoms with Crippen molar-refractivity contribution >= 4 is 5.97 Å². The van der Waals surface area contributed by atoms with Gasteiger partial charge in [0.1, 0.15) is 0 Å². The first-order valence-electron chi connectivity index (χ1n) is 4.85. The van der Waals surface area contributed by atoms with Crippen molar-refractivity contribution in [1.29, 1.82) is 0 Å². The first-order chi connectivity index (χ1) is 6.04.